The number of para-hydroxylation sites is 2. The molecule has 6 aromatic carbocycles. The molecule has 49 heavy (non-hydrogen) atoms. The van der Waals surface area contributed by atoms with Gasteiger partial charge < -0.3 is 4.74 Å². The first-order valence-electron chi connectivity index (χ1n) is 16.2. The van der Waals surface area contributed by atoms with Crippen LogP contribution < -0.4 is 9.80 Å². The molecule has 5 nitrogen and oxygen atoms in total. The molecule has 6 aromatic rings. The molecule has 2 unspecified atom stereocenters. The summed E-state index contributed by atoms with van der Waals surface area (Å²) in [7, 11) is 0. The minimum Gasteiger partial charge on any atom is -0.462 e. The SMILES string of the molecule is O=C(c1ccccc1)N1c2ccccc2N2C(=O)C(c3ccccc3)=C(c3ccccc3)OC2(c2ccc(Cl)cc2)CC1c1ccccc1. The van der Waals surface area contributed by atoms with Crippen molar-refractivity contribution >= 4 is 46.1 Å². The topological polar surface area (TPSA) is 49.9 Å². The zero-order valence-electron chi connectivity index (χ0n) is 26.4. The van der Waals surface area contributed by atoms with E-state index in [2.05, 4.69) is 0 Å². The van der Waals surface area contributed by atoms with Gasteiger partial charge >= 0.3 is 0 Å². The minimum atomic E-state index is -1.40. The Morgan fingerprint density at radius 3 is 1.80 bits per heavy atom. The first-order chi connectivity index (χ1) is 24.0. The van der Waals surface area contributed by atoms with Crippen molar-refractivity contribution in [2.75, 3.05) is 9.80 Å². The fourth-order valence-electron chi connectivity index (χ4n) is 7.03. The van der Waals surface area contributed by atoms with Crippen molar-refractivity contribution in [3.8, 4) is 0 Å². The van der Waals surface area contributed by atoms with Crippen LogP contribution in [0.4, 0.5) is 11.4 Å². The van der Waals surface area contributed by atoms with Crippen LogP contribution in [0.25, 0.3) is 11.3 Å². The lowest BCUT2D eigenvalue weighted by Crippen LogP contribution is -2.55. The van der Waals surface area contributed by atoms with Crippen molar-refractivity contribution in [2.45, 2.75) is 18.2 Å². The van der Waals surface area contributed by atoms with Crippen molar-refractivity contribution in [3.05, 3.63) is 203 Å². The summed E-state index contributed by atoms with van der Waals surface area (Å²) in [5, 5.41) is 0.562. The first kappa shape index (κ1) is 30.4. The number of carbonyl (C=O) groups is 2. The molecule has 8 rings (SSSR count). The van der Waals surface area contributed by atoms with Gasteiger partial charge in [0.2, 0.25) is 5.72 Å². The standard InChI is InChI=1S/C43H31ClN2O3/c44-35-27-25-34(26-28-35)43-29-38(30-15-5-1-6-16-30)45(41(47)33-21-11-4-12-22-33)36-23-13-14-24-37(36)46(43)42(48)39(31-17-7-2-8-18-31)40(49-43)32-19-9-3-10-20-32/h1-28,38H,29H2. The van der Waals surface area contributed by atoms with Crippen LogP contribution in [0.1, 0.15) is 45.1 Å². The van der Waals surface area contributed by atoms with Gasteiger partial charge in [-0.05, 0) is 47.5 Å². The number of ether oxygens (including phenoxy) is 1. The van der Waals surface area contributed by atoms with E-state index >= 15 is 4.79 Å². The summed E-state index contributed by atoms with van der Waals surface area (Å²) in [6, 6.07) is 53.1. The Morgan fingerprint density at radius 2 is 1.16 bits per heavy atom. The summed E-state index contributed by atoms with van der Waals surface area (Å²) in [4.78, 5) is 33.9. The Bertz CT molecular complexity index is 2170. The molecular formula is C43H31ClN2O3. The fraction of sp³-hybridized carbons (Fsp3) is 0.0698. The highest BCUT2D eigenvalue weighted by atomic mass is 35.5. The summed E-state index contributed by atoms with van der Waals surface area (Å²) < 4.78 is 7.45. The molecule has 0 bridgehead atoms. The molecular weight excluding hydrogens is 628 g/mol. The highest BCUT2D eigenvalue weighted by Gasteiger charge is 2.56. The summed E-state index contributed by atoms with van der Waals surface area (Å²) in [6.45, 7) is 0. The largest absolute Gasteiger partial charge is 0.462 e. The van der Waals surface area contributed by atoms with Crippen LogP contribution in [0.2, 0.25) is 5.02 Å². The van der Waals surface area contributed by atoms with Crippen molar-refractivity contribution in [3.63, 3.8) is 0 Å². The van der Waals surface area contributed by atoms with Gasteiger partial charge in [0.1, 0.15) is 5.76 Å². The molecule has 0 saturated carbocycles. The molecule has 6 heteroatoms. The highest BCUT2D eigenvalue weighted by Crippen LogP contribution is 2.56. The average Bonchev–Trinajstić information content (AvgIpc) is 3.29. The lowest BCUT2D eigenvalue weighted by atomic mass is 9.86. The van der Waals surface area contributed by atoms with E-state index in [9.17, 15) is 4.79 Å². The lowest BCUT2D eigenvalue weighted by Gasteiger charge is -2.48. The fourth-order valence-corrected chi connectivity index (χ4v) is 7.16. The number of benzene rings is 6. The van der Waals surface area contributed by atoms with Crippen LogP contribution in [0.3, 0.4) is 0 Å². The predicted octanol–water partition coefficient (Wildman–Crippen LogP) is 9.92. The van der Waals surface area contributed by atoms with Gasteiger partial charge in [0, 0.05) is 28.1 Å². The van der Waals surface area contributed by atoms with Gasteiger partial charge in [0.15, 0.2) is 0 Å². The number of halogens is 1. The number of hydrogen-bond donors (Lipinski definition) is 0. The van der Waals surface area contributed by atoms with Gasteiger partial charge in [-0.25, -0.2) is 0 Å². The molecule has 0 saturated heterocycles. The third-order valence-electron chi connectivity index (χ3n) is 9.26. The molecule has 2 aliphatic heterocycles. The molecule has 0 N–H and O–H groups in total. The van der Waals surface area contributed by atoms with Crippen LogP contribution in [-0.2, 0) is 15.3 Å². The summed E-state index contributed by atoms with van der Waals surface area (Å²) in [5.74, 6) is 0.0506. The van der Waals surface area contributed by atoms with E-state index in [1.807, 2.05) is 175 Å². The lowest BCUT2D eigenvalue weighted by molar-refractivity contribution is -0.120. The molecule has 2 amide bonds. The molecule has 2 atom stereocenters. The molecule has 0 radical (unpaired) electrons. The Balaban J connectivity index is 1.47. The maximum Gasteiger partial charge on any atom is 0.266 e. The second-order valence-corrected chi connectivity index (χ2v) is 12.6. The molecule has 0 fully saturated rings. The van der Waals surface area contributed by atoms with Gasteiger partial charge in [-0.1, -0.05) is 145 Å². The van der Waals surface area contributed by atoms with Crippen LogP contribution in [0, 0.1) is 0 Å². The van der Waals surface area contributed by atoms with Gasteiger partial charge in [-0.2, -0.15) is 0 Å². The van der Waals surface area contributed by atoms with Gasteiger partial charge in [0.05, 0.1) is 23.0 Å². The van der Waals surface area contributed by atoms with Crippen LogP contribution >= 0.6 is 11.6 Å². The van der Waals surface area contributed by atoms with Crippen LogP contribution in [-0.4, -0.2) is 11.8 Å². The van der Waals surface area contributed by atoms with Crippen molar-refractivity contribution in [1.82, 2.24) is 0 Å². The highest BCUT2D eigenvalue weighted by molar-refractivity contribution is 6.33. The third-order valence-corrected chi connectivity index (χ3v) is 9.51. The second-order valence-electron chi connectivity index (χ2n) is 12.1. The van der Waals surface area contributed by atoms with E-state index in [-0.39, 0.29) is 18.2 Å². The number of carbonyl (C=O) groups excluding carboxylic acids is 2. The average molecular weight is 659 g/mol. The number of nitrogens with zero attached hydrogens (tertiary/aromatic N) is 2. The molecule has 2 heterocycles. The third kappa shape index (κ3) is 5.29. The molecule has 238 valence electrons. The number of rotatable bonds is 5. The number of anilines is 2. The second kappa shape index (κ2) is 12.6. The molecule has 0 aliphatic carbocycles. The summed E-state index contributed by atoms with van der Waals surface area (Å²) >= 11 is 6.47. The van der Waals surface area contributed by atoms with Crippen LogP contribution in [0.15, 0.2) is 170 Å². The smallest absolute Gasteiger partial charge is 0.266 e. The number of fused-ring (bicyclic) bond motifs is 3. The van der Waals surface area contributed by atoms with Crippen molar-refractivity contribution in [1.29, 1.82) is 0 Å². The summed E-state index contributed by atoms with van der Waals surface area (Å²) in [5.41, 5.74) is 3.89. The Labute approximate surface area is 290 Å². The normalized spacial score (nSPS) is 18.6. The van der Waals surface area contributed by atoms with Gasteiger partial charge in [-0.15, -0.1) is 0 Å². The monoisotopic (exact) mass is 658 g/mol. The first-order valence-corrected chi connectivity index (χ1v) is 16.6. The molecule has 2 aliphatic rings. The summed E-state index contributed by atoms with van der Waals surface area (Å²) in [6.07, 6.45) is 0.218. The Kier molecular flexibility index (Phi) is 7.83. The van der Waals surface area contributed by atoms with Crippen LogP contribution in [0.5, 0.6) is 0 Å². The van der Waals surface area contributed by atoms with Crippen molar-refractivity contribution < 1.29 is 14.3 Å². The quantitative estimate of drug-likeness (QED) is 0.185. The zero-order chi connectivity index (χ0) is 33.4. The van der Waals surface area contributed by atoms with E-state index < -0.39 is 11.8 Å². The molecule has 0 aromatic heterocycles. The zero-order valence-corrected chi connectivity index (χ0v) is 27.2. The maximum atomic E-state index is 15.6. The van der Waals surface area contributed by atoms with E-state index in [0.717, 1.165) is 22.3 Å². The number of amides is 2. The van der Waals surface area contributed by atoms with E-state index in [1.165, 1.54) is 0 Å². The molecule has 0 spiro atoms. The van der Waals surface area contributed by atoms with Gasteiger partial charge in [0.25, 0.3) is 11.8 Å². The van der Waals surface area contributed by atoms with Gasteiger partial charge in [-0.3, -0.25) is 19.4 Å². The van der Waals surface area contributed by atoms with E-state index in [4.69, 9.17) is 16.3 Å². The Morgan fingerprint density at radius 1 is 0.633 bits per heavy atom. The maximum absolute atomic E-state index is 15.6. The van der Waals surface area contributed by atoms with E-state index in [1.54, 1.807) is 4.90 Å². The minimum absolute atomic E-state index is 0.181. The van der Waals surface area contributed by atoms with E-state index in [0.29, 0.717) is 33.3 Å². The van der Waals surface area contributed by atoms with Crippen molar-refractivity contribution in [2.24, 2.45) is 0 Å². The predicted molar refractivity (Wildman–Crippen MR) is 195 cm³/mol. The number of hydrogen-bond acceptors (Lipinski definition) is 3. The Hall–Kier alpha value is -5.91.